The summed E-state index contributed by atoms with van der Waals surface area (Å²) in [6, 6.07) is 6.82. The summed E-state index contributed by atoms with van der Waals surface area (Å²) in [5.74, 6) is 0.639. The highest BCUT2D eigenvalue weighted by molar-refractivity contribution is 5.46. The van der Waals surface area contributed by atoms with Crippen LogP contribution < -0.4 is 0 Å². The minimum Gasteiger partial charge on any atom is -0.103 e. The second kappa shape index (κ2) is 7.11. The highest BCUT2D eigenvalue weighted by Crippen LogP contribution is 2.37. The Morgan fingerprint density at radius 1 is 1.29 bits per heavy atom. The largest absolute Gasteiger partial charge is 0.103 e. The molecule has 1 atom stereocenters. The van der Waals surface area contributed by atoms with Crippen LogP contribution in [0.25, 0.3) is 0 Å². The van der Waals surface area contributed by atoms with Crippen LogP contribution in [0.4, 0.5) is 0 Å². The number of aryl methyl sites for hydroxylation is 1. The molecule has 0 nitrogen and oxygen atoms in total. The lowest BCUT2D eigenvalue weighted by atomic mass is 9.99. The number of benzene rings is 1. The van der Waals surface area contributed by atoms with E-state index in [1.54, 1.807) is 11.6 Å². The summed E-state index contributed by atoms with van der Waals surface area (Å²) in [4.78, 5) is 0. The van der Waals surface area contributed by atoms with Gasteiger partial charge in [-0.3, -0.25) is 0 Å². The second-order valence-electron chi connectivity index (χ2n) is 4.37. The molecule has 0 spiro atoms. The Kier molecular flexibility index (Phi) is 6.57. The average molecular weight is 230 g/mol. The van der Waals surface area contributed by atoms with Gasteiger partial charge in [0.2, 0.25) is 0 Å². The van der Waals surface area contributed by atoms with E-state index in [1.165, 1.54) is 16.7 Å². The van der Waals surface area contributed by atoms with Crippen molar-refractivity contribution in [2.24, 2.45) is 0 Å². The molecule has 2 rings (SSSR count). The fourth-order valence-corrected chi connectivity index (χ4v) is 2.20. The smallest absolute Gasteiger partial charge is 0.00259 e. The SMILES string of the molecule is C.C/C=C1\Cc2ccc(C)cc2C1C.C=CC. The number of allylic oxidation sites excluding steroid dienone is 3. The highest BCUT2D eigenvalue weighted by Gasteiger charge is 2.22. The summed E-state index contributed by atoms with van der Waals surface area (Å²) in [5.41, 5.74) is 6.00. The molecule has 1 unspecified atom stereocenters. The summed E-state index contributed by atoms with van der Waals surface area (Å²) in [6.45, 7) is 11.9. The predicted octanol–water partition coefficient (Wildman–Crippen LogP) is 5.43. The third-order valence-corrected chi connectivity index (χ3v) is 3.09. The monoisotopic (exact) mass is 230 g/mol. The van der Waals surface area contributed by atoms with Gasteiger partial charge in [-0.15, -0.1) is 6.58 Å². The van der Waals surface area contributed by atoms with Crippen LogP contribution in [0, 0.1) is 6.92 Å². The Hall–Kier alpha value is -1.30. The molecule has 17 heavy (non-hydrogen) atoms. The van der Waals surface area contributed by atoms with Crippen molar-refractivity contribution in [2.75, 3.05) is 0 Å². The fraction of sp³-hybridized carbons (Fsp3) is 0.412. The third kappa shape index (κ3) is 3.59. The molecule has 94 valence electrons. The van der Waals surface area contributed by atoms with E-state index in [1.807, 2.05) is 6.92 Å². The first-order valence-corrected chi connectivity index (χ1v) is 5.95. The molecule has 0 aromatic heterocycles. The minimum atomic E-state index is 0. The molecule has 0 heteroatoms. The van der Waals surface area contributed by atoms with E-state index >= 15 is 0 Å². The maximum atomic E-state index is 3.36. The maximum Gasteiger partial charge on any atom is 0.00259 e. The molecule has 1 aliphatic carbocycles. The zero-order chi connectivity index (χ0) is 12.1. The van der Waals surface area contributed by atoms with Crippen LogP contribution in [0.5, 0.6) is 0 Å². The number of rotatable bonds is 0. The Labute approximate surface area is 107 Å². The van der Waals surface area contributed by atoms with Gasteiger partial charge in [0.05, 0.1) is 0 Å². The molecular formula is C17H26. The van der Waals surface area contributed by atoms with Gasteiger partial charge < -0.3 is 0 Å². The summed E-state index contributed by atoms with van der Waals surface area (Å²) < 4.78 is 0. The van der Waals surface area contributed by atoms with Crippen molar-refractivity contribution < 1.29 is 0 Å². The van der Waals surface area contributed by atoms with Crippen LogP contribution in [0.15, 0.2) is 42.5 Å². The van der Waals surface area contributed by atoms with E-state index in [2.05, 4.69) is 51.6 Å². The van der Waals surface area contributed by atoms with Crippen LogP contribution in [0.2, 0.25) is 0 Å². The van der Waals surface area contributed by atoms with Crippen molar-refractivity contribution in [1.82, 2.24) is 0 Å². The van der Waals surface area contributed by atoms with E-state index in [0.29, 0.717) is 5.92 Å². The standard InChI is InChI=1S/C13H16.C3H6.CH4/c1-4-11-8-12-6-5-9(2)7-13(12)10(11)3;1-3-2;/h4-7,10H,8H2,1-3H3;3H,1H2,2H3;1H4/b11-4+;;. The molecule has 0 saturated heterocycles. The summed E-state index contributed by atoms with van der Waals surface area (Å²) in [6.07, 6.45) is 5.17. The normalized spacial score (nSPS) is 18.8. The van der Waals surface area contributed by atoms with Crippen molar-refractivity contribution in [3.63, 3.8) is 0 Å². The summed E-state index contributed by atoms with van der Waals surface area (Å²) in [5, 5.41) is 0. The number of hydrogen-bond acceptors (Lipinski definition) is 0. The minimum absolute atomic E-state index is 0. The Balaban J connectivity index is 0.000000583. The van der Waals surface area contributed by atoms with Gasteiger partial charge in [0.25, 0.3) is 0 Å². The van der Waals surface area contributed by atoms with Gasteiger partial charge in [-0.1, -0.05) is 55.8 Å². The van der Waals surface area contributed by atoms with Crippen LogP contribution in [0.3, 0.4) is 0 Å². The molecule has 0 bridgehead atoms. The Morgan fingerprint density at radius 3 is 2.41 bits per heavy atom. The fourth-order valence-electron chi connectivity index (χ4n) is 2.20. The molecule has 0 heterocycles. The molecule has 0 radical (unpaired) electrons. The van der Waals surface area contributed by atoms with Gasteiger partial charge in [0, 0.05) is 5.92 Å². The number of hydrogen-bond donors (Lipinski definition) is 0. The first-order valence-electron chi connectivity index (χ1n) is 5.95. The molecule has 0 saturated carbocycles. The van der Waals surface area contributed by atoms with E-state index in [-0.39, 0.29) is 7.43 Å². The zero-order valence-corrected chi connectivity index (χ0v) is 10.9. The Morgan fingerprint density at radius 2 is 1.88 bits per heavy atom. The van der Waals surface area contributed by atoms with Crippen molar-refractivity contribution in [3.8, 4) is 0 Å². The maximum absolute atomic E-state index is 3.36. The molecular weight excluding hydrogens is 204 g/mol. The lowest BCUT2D eigenvalue weighted by Gasteiger charge is -2.06. The van der Waals surface area contributed by atoms with Crippen LogP contribution in [-0.4, -0.2) is 0 Å². The van der Waals surface area contributed by atoms with E-state index < -0.39 is 0 Å². The molecule has 0 fully saturated rings. The molecule has 1 aliphatic rings. The summed E-state index contributed by atoms with van der Waals surface area (Å²) in [7, 11) is 0. The van der Waals surface area contributed by atoms with Crippen molar-refractivity contribution in [3.05, 3.63) is 59.2 Å². The lowest BCUT2D eigenvalue weighted by Crippen LogP contribution is -1.89. The second-order valence-corrected chi connectivity index (χ2v) is 4.37. The van der Waals surface area contributed by atoms with E-state index in [9.17, 15) is 0 Å². The molecule has 0 aliphatic heterocycles. The van der Waals surface area contributed by atoms with Gasteiger partial charge in [0.15, 0.2) is 0 Å². The molecule has 0 N–H and O–H groups in total. The van der Waals surface area contributed by atoms with Gasteiger partial charge in [-0.2, -0.15) is 0 Å². The highest BCUT2D eigenvalue weighted by atomic mass is 14.3. The molecule has 0 amide bonds. The van der Waals surface area contributed by atoms with Gasteiger partial charge in [-0.05, 0) is 38.3 Å². The first kappa shape index (κ1) is 15.7. The molecule has 1 aromatic rings. The predicted molar refractivity (Wildman–Crippen MR) is 79.7 cm³/mol. The number of fused-ring (bicyclic) bond motifs is 1. The molecule has 1 aromatic carbocycles. The van der Waals surface area contributed by atoms with Crippen LogP contribution >= 0.6 is 0 Å². The van der Waals surface area contributed by atoms with Crippen molar-refractivity contribution in [1.29, 1.82) is 0 Å². The van der Waals surface area contributed by atoms with E-state index in [4.69, 9.17) is 0 Å². The van der Waals surface area contributed by atoms with Crippen molar-refractivity contribution in [2.45, 2.75) is 47.5 Å². The topological polar surface area (TPSA) is 0 Å². The average Bonchev–Trinajstić information content (AvgIpc) is 2.57. The van der Waals surface area contributed by atoms with Gasteiger partial charge >= 0.3 is 0 Å². The zero-order valence-electron chi connectivity index (χ0n) is 10.9. The van der Waals surface area contributed by atoms with Crippen LogP contribution in [-0.2, 0) is 6.42 Å². The third-order valence-electron chi connectivity index (χ3n) is 3.09. The Bertz CT molecular complexity index is 396. The quantitative estimate of drug-likeness (QED) is 0.521. The van der Waals surface area contributed by atoms with Gasteiger partial charge in [0.1, 0.15) is 0 Å². The van der Waals surface area contributed by atoms with Crippen molar-refractivity contribution >= 4 is 0 Å². The lowest BCUT2D eigenvalue weighted by molar-refractivity contribution is 0.921. The van der Waals surface area contributed by atoms with E-state index in [0.717, 1.165) is 6.42 Å². The van der Waals surface area contributed by atoms with Crippen LogP contribution in [0.1, 0.15) is 50.8 Å². The van der Waals surface area contributed by atoms with Gasteiger partial charge in [-0.25, -0.2) is 0 Å². The first-order chi connectivity index (χ1) is 7.63. The summed E-state index contributed by atoms with van der Waals surface area (Å²) >= 11 is 0.